The number of nitrogens with one attached hydrogen (secondary N) is 1. The van der Waals surface area contributed by atoms with Crippen LogP contribution in [-0.4, -0.2) is 11.6 Å². The average Bonchev–Trinajstić information content (AvgIpc) is 2.37. The lowest BCUT2D eigenvalue weighted by Gasteiger charge is -2.15. The van der Waals surface area contributed by atoms with Crippen molar-refractivity contribution in [1.82, 2.24) is 0 Å². The highest BCUT2D eigenvalue weighted by Crippen LogP contribution is 2.35. The van der Waals surface area contributed by atoms with Gasteiger partial charge in [0.1, 0.15) is 0 Å². The summed E-state index contributed by atoms with van der Waals surface area (Å²) in [6, 6.07) is 1.69. The number of nitrogen functional groups attached to an aromatic ring is 1. The number of ketones is 2. The lowest BCUT2D eigenvalue weighted by Crippen LogP contribution is -2.09. The summed E-state index contributed by atoms with van der Waals surface area (Å²) in [5, 5.41) is 3.44. The Bertz CT molecular complexity index is 670. The fourth-order valence-corrected chi connectivity index (χ4v) is 2.10. The van der Waals surface area contributed by atoms with Crippen molar-refractivity contribution in [3.8, 4) is 0 Å². The molecule has 0 aromatic heterocycles. The Morgan fingerprint density at radius 2 is 1.89 bits per heavy atom. The van der Waals surface area contributed by atoms with E-state index < -0.39 is 0 Å². The van der Waals surface area contributed by atoms with Gasteiger partial charge in [-0.25, -0.2) is 5.53 Å². The molecule has 0 unspecified atom stereocenters. The zero-order valence-electron chi connectivity index (χ0n) is 10.7. The lowest BCUT2D eigenvalue weighted by molar-refractivity contribution is -0.113. The van der Waals surface area contributed by atoms with Gasteiger partial charge in [-0.3, -0.25) is 9.59 Å². The van der Waals surface area contributed by atoms with Crippen LogP contribution in [0.1, 0.15) is 16.7 Å². The number of aryl methyl sites for hydroxylation is 1. The summed E-state index contributed by atoms with van der Waals surface area (Å²) in [5.74, 6) is -0.487. The zero-order chi connectivity index (χ0) is 14.2. The molecule has 2 rings (SSSR count). The van der Waals surface area contributed by atoms with Crippen molar-refractivity contribution < 1.29 is 9.59 Å². The molecule has 0 bridgehead atoms. The molecule has 0 fully saturated rings. The van der Waals surface area contributed by atoms with Crippen molar-refractivity contribution in [2.75, 3.05) is 5.73 Å². The summed E-state index contributed by atoms with van der Waals surface area (Å²) in [5.41, 5.74) is 16.2. The van der Waals surface area contributed by atoms with Gasteiger partial charge in [0.05, 0.1) is 5.69 Å². The van der Waals surface area contributed by atoms with E-state index in [0.29, 0.717) is 22.5 Å². The number of nitrogens with zero attached hydrogens (tertiary/aromatic N) is 1. The number of hydrogen-bond acceptors (Lipinski definition) is 5. The Kier molecular flexibility index (Phi) is 3.12. The van der Waals surface area contributed by atoms with Crippen molar-refractivity contribution in [3.05, 3.63) is 41.0 Å². The fraction of sp³-hybridized carbons (Fsp3) is 0.143. The highest BCUT2D eigenvalue weighted by molar-refractivity contribution is 6.34. The summed E-state index contributed by atoms with van der Waals surface area (Å²) in [6.45, 7) is 3.53. The van der Waals surface area contributed by atoms with Crippen LogP contribution in [-0.2, 0) is 9.59 Å². The summed E-state index contributed by atoms with van der Waals surface area (Å²) >= 11 is 0. The van der Waals surface area contributed by atoms with Crippen LogP contribution < -0.4 is 5.73 Å². The fourth-order valence-electron chi connectivity index (χ4n) is 2.10. The van der Waals surface area contributed by atoms with Gasteiger partial charge in [0.25, 0.3) is 0 Å². The van der Waals surface area contributed by atoms with E-state index in [0.717, 1.165) is 5.56 Å². The minimum atomic E-state index is -0.249. The zero-order valence-corrected chi connectivity index (χ0v) is 10.7. The second-order valence-corrected chi connectivity index (χ2v) is 4.40. The van der Waals surface area contributed by atoms with E-state index in [2.05, 4.69) is 5.11 Å². The quantitative estimate of drug-likeness (QED) is 0.483. The monoisotopic (exact) mass is 255 g/mol. The molecule has 0 heterocycles. The van der Waals surface area contributed by atoms with E-state index in [1.54, 1.807) is 19.9 Å². The molecule has 1 aliphatic carbocycles. The predicted molar refractivity (Wildman–Crippen MR) is 72.3 cm³/mol. The molecule has 0 saturated heterocycles. The molecule has 5 heteroatoms. The first kappa shape index (κ1) is 12.9. The van der Waals surface area contributed by atoms with E-state index in [1.165, 1.54) is 18.2 Å². The van der Waals surface area contributed by atoms with Gasteiger partial charge in [-0.15, -0.1) is 0 Å². The molecule has 3 N–H and O–H groups in total. The third-order valence-electron chi connectivity index (χ3n) is 3.14. The highest BCUT2D eigenvalue weighted by Gasteiger charge is 2.20. The molecule has 0 atom stereocenters. The van der Waals surface area contributed by atoms with Crippen LogP contribution in [0.4, 0.5) is 11.4 Å². The molecule has 1 aliphatic rings. The average molecular weight is 255 g/mol. The summed E-state index contributed by atoms with van der Waals surface area (Å²) in [6.07, 6.45) is 3.75. The van der Waals surface area contributed by atoms with Crippen LogP contribution in [0, 0.1) is 19.4 Å². The number of benzene rings is 1. The molecule has 96 valence electrons. The van der Waals surface area contributed by atoms with Gasteiger partial charge < -0.3 is 5.73 Å². The van der Waals surface area contributed by atoms with Crippen molar-refractivity contribution in [2.45, 2.75) is 13.8 Å². The van der Waals surface area contributed by atoms with Gasteiger partial charge >= 0.3 is 0 Å². The number of rotatable bonds is 2. The van der Waals surface area contributed by atoms with Crippen molar-refractivity contribution >= 4 is 28.5 Å². The molecule has 19 heavy (non-hydrogen) atoms. The molecule has 0 spiro atoms. The standard InChI is InChI=1S/C14H13N3O2/c1-7-5-11(13(15)8(2)14(7)17-16)10-6-9(18)3-4-12(10)19/h3-6,16H,15H2,1-2H3. The highest BCUT2D eigenvalue weighted by atomic mass is 16.1. The Morgan fingerprint density at radius 1 is 1.21 bits per heavy atom. The van der Waals surface area contributed by atoms with Gasteiger partial charge in [-0.2, -0.15) is 5.11 Å². The van der Waals surface area contributed by atoms with Crippen LogP contribution in [0.5, 0.6) is 0 Å². The number of carbonyl (C=O) groups excluding carboxylic acids is 2. The Morgan fingerprint density at radius 3 is 2.53 bits per heavy atom. The molecule has 5 nitrogen and oxygen atoms in total. The Balaban J connectivity index is 2.68. The number of carbonyl (C=O) groups is 2. The first-order chi connectivity index (χ1) is 8.95. The van der Waals surface area contributed by atoms with Gasteiger partial charge in [0.2, 0.25) is 0 Å². The lowest BCUT2D eigenvalue weighted by atomic mass is 9.91. The SMILES string of the molecule is Cc1cc(C2=CC(=O)C=CC2=O)c(N)c(C)c1N=N. The van der Waals surface area contributed by atoms with Crippen molar-refractivity contribution in [3.63, 3.8) is 0 Å². The van der Waals surface area contributed by atoms with Crippen LogP contribution in [0.15, 0.2) is 29.4 Å². The van der Waals surface area contributed by atoms with Gasteiger partial charge in [-0.1, -0.05) is 0 Å². The summed E-state index contributed by atoms with van der Waals surface area (Å²) in [4.78, 5) is 23.2. The van der Waals surface area contributed by atoms with Crippen LogP contribution in [0.25, 0.3) is 5.57 Å². The maximum absolute atomic E-state index is 11.8. The number of nitrogens with two attached hydrogens (primary N) is 1. The molecular weight excluding hydrogens is 242 g/mol. The third-order valence-corrected chi connectivity index (χ3v) is 3.14. The summed E-state index contributed by atoms with van der Waals surface area (Å²) < 4.78 is 0. The molecule has 0 saturated carbocycles. The maximum Gasteiger partial charge on any atom is 0.186 e. The second kappa shape index (κ2) is 4.61. The maximum atomic E-state index is 11.8. The predicted octanol–water partition coefficient (Wildman–Crippen LogP) is 2.64. The topological polar surface area (TPSA) is 96.4 Å². The Hall–Kier alpha value is -2.56. The van der Waals surface area contributed by atoms with Crippen LogP contribution >= 0.6 is 0 Å². The van der Waals surface area contributed by atoms with E-state index in [-0.39, 0.29) is 17.1 Å². The van der Waals surface area contributed by atoms with Crippen LogP contribution in [0.2, 0.25) is 0 Å². The molecule has 0 radical (unpaired) electrons. The second-order valence-electron chi connectivity index (χ2n) is 4.40. The van der Waals surface area contributed by atoms with E-state index in [4.69, 9.17) is 11.3 Å². The van der Waals surface area contributed by atoms with E-state index in [1.807, 2.05) is 0 Å². The third kappa shape index (κ3) is 2.10. The minimum Gasteiger partial charge on any atom is -0.398 e. The minimum absolute atomic E-state index is 0.237. The van der Waals surface area contributed by atoms with Gasteiger partial charge in [0.15, 0.2) is 11.6 Å². The summed E-state index contributed by atoms with van der Waals surface area (Å²) in [7, 11) is 0. The van der Waals surface area contributed by atoms with Crippen molar-refractivity contribution in [1.29, 1.82) is 5.53 Å². The largest absolute Gasteiger partial charge is 0.398 e. The first-order valence-electron chi connectivity index (χ1n) is 5.71. The Labute approximate surface area is 110 Å². The number of anilines is 1. The van der Waals surface area contributed by atoms with Crippen molar-refractivity contribution in [2.24, 2.45) is 5.11 Å². The van der Waals surface area contributed by atoms with Crippen LogP contribution in [0.3, 0.4) is 0 Å². The first-order valence-corrected chi connectivity index (χ1v) is 5.71. The molecule has 0 aliphatic heterocycles. The normalized spacial score (nSPS) is 14.5. The van der Waals surface area contributed by atoms with E-state index >= 15 is 0 Å². The number of hydrogen-bond donors (Lipinski definition) is 2. The smallest absolute Gasteiger partial charge is 0.186 e. The molecule has 0 amide bonds. The van der Waals surface area contributed by atoms with Gasteiger partial charge in [-0.05, 0) is 43.7 Å². The number of allylic oxidation sites excluding steroid dienone is 4. The molecular formula is C14H13N3O2. The molecule has 1 aromatic carbocycles. The molecule has 1 aromatic rings. The van der Waals surface area contributed by atoms with E-state index in [9.17, 15) is 9.59 Å². The van der Waals surface area contributed by atoms with Gasteiger partial charge in [0, 0.05) is 22.4 Å².